The molecule has 0 bridgehead atoms. The molecule has 29 heavy (non-hydrogen) atoms. The molecule has 0 atom stereocenters. The van der Waals surface area contributed by atoms with Crippen molar-refractivity contribution < 1.29 is 9.53 Å². The van der Waals surface area contributed by atoms with Crippen molar-refractivity contribution in [2.75, 3.05) is 12.4 Å². The molecular formula is C19H15Cl2N5O2S. The summed E-state index contributed by atoms with van der Waals surface area (Å²) in [6, 6.07) is 10.9. The fraction of sp³-hybridized carbons (Fsp3) is 0.158. The van der Waals surface area contributed by atoms with E-state index in [1.807, 2.05) is 24.3 Å². The molecule has 10 heteroatoms. The van der Waals surface area contributed by atoms with Crippen LogP contribution in [0.15, 0.2) is 36.4 Å². The number of benzene rings is 2. The van der Waals surface area contributed by atoms with E-state index in [1.54, 1.807) is 30.8 Å². The van der Waals surface area contributed by atoms with Crippen LogP contribution in [-0.2, 0) is 6.54 Å². The number of rotatable bonds is 5. The van der Waals surface area contributed by atoms with Gasteiger partial charge in [-0.15, -0.1) is 5.10 Å². The van der Waals surface area contributed by atoms with Gasteiger partial charge in [-0.1, -0.05) is 45.8 Å². The topological polar surface area (TPSA) is 81.9 Å². The molecule has 1 amide bonds. The van der Waals surface area contributed by atoms with Gasteiger partial charge < -0.3 is 4.74 Å². The third-order valence-corrected chi connectivity index (χ3v) is 6.02. The lowest BCUT2D eigenvalue weighted by molar-refractivity contribution is 0.102. The highest BCUT2D eigenvalue weighted by Crippen LogP contribution is 2.29. The zero-order valence-electron chi connectivity index (χ0n) is 15.4. The quantitative estimate of drug-likeness (QED) is 0.474. The van der Waals surface area contributed by atoms with E-state index in [0.29, 0.717) is 33.2 Å². The van der Waals surface area contributed by atoms with Crippen molar-refractivity contribution in [2.45, 2.75) is 13.5 Å². The van der Waals surface area contributed by atoms with Gasteiger partial charge in [-0.25, -0.2) is 9.67 Å². The molecule has 0 fully saturated rings. The lowest BCUT2D eigenvalue weighted by Crippen LogP contribution is -2.14. The number of hydrogen-bond donors (Lipinski definition) is 1. The summed E-state index contributed by atoms with van der Waals surface area (Å²) in [5.74, 6) is 0.343. The largest absolute Gasteiger partial charge is 0.497 e. The molecule has 2 aromatic heterocycles. The van der Waals surface area contributed by atoms with Crippen LogP contribution in [0.25, 0.3) is 10.2 Å². The normalized spacial score (nSPS) is 11.0. The number of amides is 1. The number of aromatic nitrogens is 4. The number of carbonyl (C=O) groups is 1. The molecule has 2 heterocycles. The maximum atomic E-state index is 12.7. The van der Waals surface area contributed by atoms with Crippen LogP contribution in [0.2, 0.25) is 10.0 Å². The molecule has 0 aliphatic heterocycles. The second kappa shape index (κ2) is 7.98. The Morgan fingerprint density at radius 2 is 2.03 bits per heavy atom. The van der Waals surface area contributed by atoms with Crippen LogP contribution < -0.4 is 10.1 Å². The highest BCUT2D eigenvalue weighted by molar-refractivity contribution is 7.22. The Kier molecular flexibility index (Phi) is 5.40. The average molecular weight is 448 g/mol. The van der Waals surface area contributed by atoms with E-state index in [0.717, 1.165) is 15.8 Å². The van der Waals surface area contributed by atoms with Crippen LogP contribution in [0.5, 0.6) is 5.75 Å². The first-order valence-electron chi connectivity index (χ1n) is 8.54. The Balaban J connectivity index is 1.52. The molecule has 7 nitrogen and oxygen atoms in total. The number of fused-ring (bicyclic) bond motifs is 1. The van der Waals surface area contributed by atoms with Gasteiger partial charge in [-0.05, 0) is 36.8 Å². The molecule has 1 N–H and O–H groups in total. The second-order valence-corrected chi connectivity index (χ2v) is 8.08. The van der Waals surface area contributed by atoms with E-state index in [4.69, 9.17) is 27.9 Å². The van der Waals surface area contributed by atoms with Crippen molar-refractivity contribution in [3.05, 3.63) is 63.4 Å². The average Bonchev–Trinajstić information content (AvgIpc) is 3.27. The Labute approximate surface area is 180 Å². The van der Waals surface area contributed by atoms with Crippen molar-refractivity contribution in [1.29, 1.82) is 0 Å². The molecule has 4 rings (SSSR count). The minimum atomic E-state index is -0.367. The van der Waals surface area contributed by atoms with Gasteiger partial charge in [0.1, 0.15) is 5.75 Å². The molecule has 0 saturated heterocycles. The van der Waals surface area contributed by atoms with Gasteiger partial charge in [0.15, 0.2) is 10.8 Å². The predicted molar refractivity (Wildman–Crippen MR) is 114 cm³/mol. The zero-order chi connectivity index (χ0) is 20.5. The van der Waals surface area contributed by atoms with Gasteiger partial charge in [-0.2, -0.15) is 0 Å². The van der Waals surface area contributed by atoms with Crippen molar-refractivity contribution in [3.8, 4) is 5.75 Å². The summed E-state index contributed by atoms with van der Waals surface area (Å²) in [5.41, 5.74) is 2.53. The number of methoxy groups -OCH3 is 1. The van der Waals surface area contributed by atoms with Gasteiger partial charge in [0.25, 0.3) is 5.91 Å². The number of hydrogen-bond acceptors (Lipinski definition) is 6. The SMILES string of the molecule is COc1ccc2sc(NC(=O)c3nnn(Cc4ccc(Cl)c(Cl)c4)c3C)nc2c1. The third kappa shape index (κ3) is 4.05. The minimum absolute atomic E-state index is 0.238. The summed E-state index contributed by atoms with van der Waals surface area (Å²) >= 11 is 13.4. The Morgan fingerprint density at radius 3 is 2.79 bits per heavy atom. The van der Waals surface area contributed by atoms with Gasteiger partial charge >= 0.3 is 0 Å². The molecule has 0 spiro atoms. The predicted octanol–water partition coefficient (Wildman–Crippen LogP) is 4.81. The van der Waals surface area contributed by atoms with E-state index in [-0.39, 0.29) is 11.6 Å². The first kappa shape index (κ1) is 19.6. The third-order valence-electron chi connectivity index (χ3n) is 4.33. The van der Waals surface area contributed by atoms with Gasteiger partial charge in [0, 0.05) is 6.07 Å². The summed E-state index contributed by atoms with van der Waals surface area (Å²) in [7, 11) is 1.60. The molecule has 0 saturated carbocycles. The molecule has 0 radical (unpaired) electrons. The van der Waals surface area contributed by atoms with E-state index < -0.39 is 0 Å². The molecule has 0 unspecified atom stereocenters. The standard InChI is InChI=1S/C19H15Cl2N5O2S/c1-10-17(24-25-26(10)9-11-3-5-13(20)14(21)7-11)18(27)23-19-22-15-8-12(28-2)4-6-16(15)29-19/h3-8H,9H2,1-2H3,(H,22,23,27). The number of ether oxygens (including phenoxy) is 1. The van der Waals surface area contributed by atoms with E-state index in [1.165, 1.54) is 11.3 Å². The lowest BCUT2D eigenvalue weighted by atomic mass is 10.2. The number of halogens is 2. The van der Waals surface area contributed by atoms with Crippen molar-refractivity contribution in [3.63, 3.8) is 0 Å². The number of nitrogens with one attached hydrogen (secondary N) is 1. The van der Waals surface area contributed by atoms with Crippen molar-refractivity contribution >= 4 is 55.8 Å². The summed E-state index contributed by atoms with van der Waals surface area (Å²) in [4.78, 5) is 17.1. The van der Waals surface area contributed by atoms with Gasteiger partial charge in [0.2, 0.25) is 0 Å². The summed E-state index contributed by atoms with van der Waals surface area (Å²) in [6.45, 7) is 2.21. The lowest BCUT2D eigenvalue weighted by Gasteiger charge is -2.05. The van der Waals surface area contributed by atoms with E-state index >= 15 is 0 Å². The Bertz CT molecular complexity index is 1220. The number of carbonyl (C=O) groups excluding carboxylic acids is 1. The Hall–Kier alpha value is -2.68. The molecular weight excluding hydrogens is 433 g/mol. The first-order valence-corrected chi connectivity index (χ1v) is 10.1. The summed E-state index contributed by atoms with van der Waals surface area (Å²) < 4.78 is 7.79. The number of anilines is 1. The fourth-order valence-corrected chi connectivity index (χ4v) is 3.94. The van der Waals surface area contributed by atoms with Crippen molar-refractivity contribution in [1.82, 2.24) is 20.0 Å². The first-order chi connectivity index (χ1) is 13.9. The van der Waals surface area contributed by atoms with Crippen LogP contribution in [0.4, 0.5) is 5.13 Å². The van der Waals surface area contributed by atoms with Gasteiger partial charge in [0.05, 0.1) is 39.6 Å². The smallest absolute Gasteiger partial charge is 0.279 e. The van der Waals surface area contributed by atoms with Crippen LogP contribution >= 0.6 is 34.5 Å². The summed E-state index contributed by atoms with van der Waals surface area (Å²) in [5, 5.41) is 12.3. The maximum absolute atomic E-state index is 12.7. The van der Waals surface area contributed by atoms with E-state index in [9.17, 15) is 4.79 Å². The van der Waals surface area contributed by atoms with Crippen molar-refractivity contribution in [2.24, 2.45) is 0 Å². The monoisotopic (exact) mass is 447 g/mol. The highest BCUT2D eigenvalue weighted by atomic mass is 35.5. The minimum Gasteiger partial charge on any atom is -0.497 e. The summed E-state index contributed by atoms with van der Waals surface area (Å²) in [6.07, 6.45) is 0. The fourth-order valence-electron chi connectivity index (χ4n) is 2.78. The zero-order valence-corrected chi connectivity index (χ0v) is 17.8. The maximum Gasteiger partial charge on any atom is 0.279 e. The molecule has 4 aromatic rings. The Morgan fingerprint density at radius 1 is 1.21 bits per heavy atom. The van der Waals surface area contributed by atoms with Crippen LogP contribution in [0.1, 0.15) is 21.7 Å². The van der Waals surface area contributed by atoms with E-state index in [2.05, 4.69) is 20.6 Å². The molecule has 0 aliphatic carbocycles. The molecule has 2 aromatic carbocycles. The van der Waals surface area contributed by atoms with Crippen LogP contribution in [0, 0.1) is 6.92 Å². The highest BCUT2D eigenvalue weighted by Gasteiger charge is 2.18. The molecule has 0 aliphatic rings. The van der Waals surface area contributed by atoms with Gasteiger partial charge in [-0.3, -0.25) is 10.1 Å². The van der Waals surface area contributed by atoms with Crippen LogP contribution in [-0.4, -0.2) is 33.0 Å². The number of thiazole rings is 1. The van der Waals surface area contributed by atoms with Crippen LogP contribution in [0.3, 0.4) is 0 Å². The molecule has 148 valence electrons. The second-order valence-electron chi connectivity index (χ2n) is 6.24. The number of nitrogens with zero attached hydrogens (tertiary/aromatic N) is 4.